The van der Waals surface area contributed by atoms with Crippen LogP contribution in [0.2, 0.25) is 0 Å². The Bertz CT molecular complexity index is 857. The van der Waals surface area contributed by atoms with E-state index in [0.29, 0.717) is 5.56 Å². The number of ether oxygens (including phenoxy) is 1. The molecule has 4 rings (SSSR count). The number of carbonyl (C=O) groups is 1. The molecule has 2 fully saturated rings. The lowest BCUT2D eigenvalue weighted by molar-refractivity contribution is -0.916. The van der Waals surface area contributed by atoms with Gasteiger partial charge in [-0.05, 0) is 30.4 Å². The van der Waals surface area contributed by atoms with Gasteiger partial charge in [-0.15, -0.1) is 0 Å². The Morgan fingerprint density at radius 3 is 2.55 bits per heavy atom. The van der Waals surface area contributed by atoms with E-state index in [1.54, 1.807) is 6.33 Å². The van der Waals surface area contributed by atoms with Crippen molar-refractivity contribution in [3.63, 3.8) is 0 Å². The van der Waals surface area contributed by atoms with Crippen LogP contribution in [0.4, 0.5) is 0 Å². The summed E-state index contributed by atoms with van der Waals surface area (Å²) in [6.07, 6.45) is 11.7. The second kappa shape index (κ2) is 9.45. The number of aromatic nitrogens is 2. The SMILES string of the molecule is C[N@+]1(CCc2cncnc2)CCCC(OC(=O)C(O)(c2ccccc2)C2CCCC2)C1. The molecule has 1 aliphatic heterocycles. The Hall–Kier alpha value is -2.31. The van der Waals surface area contributed by atoms with Crippen LogP contribution in [0.25, 0.3) is 0 Å². The maximum Gasteiger partial charge on any atom is 0.343 e. The maximum atomic E-state index is 13.4. The minimum absolute atomic E-state index is 0.0788. The zero-order valence-corrected chi connectivity index (χ0v) is 18.4. The van der Waals surface area contributed by atoms with Crippen molar-refractivity contribution in [3.05, 3.63) is 60.2 Å². The fraction of sp³-hybridized carbons (Fsp3) is 0.560. The average molecular weight is 425 g/mol. The van der Waals surface area contributed by atoms with Crippen molar-refractivity contribution in [2.45, 2.75) is 56.7 Å². The fourth-order valence-corrected chi connectivity index (χ4v) is 5.33. The highest BCUT2D eigenvalue weighted by Gasteiger charge is 2.49. The van der Waals surface area contributed by atoms with Crippen LogP contribution in [0.15, 0.2) is 49.1 Å². The summed E-state index contributed by atoms with van der Waals surface area (Å²) in [6.45, 7) is 2.79. The van der Waals surface area contributed by atoms with Crippen LogP contribution < -0.4 is 0 Å². The lowest BCUT2D eigenvalue weighted by atomic mass is 9.80. The van der Waals surface area contributed by atoms with Gasteiger partial charge in [0.15, 0.2) is 11.7 Å². The molecule has 1 aromatic heterocycles. The molecule has 2 aromatic rings. The van der Waals surface area contributed by atoms with Gasteiger partial charge in [-0.25, -0.2) is 14.8 Å². The van der Waals surface area contributed by atoms with Crippen LogP contribution in [-0.2, 0) is 21.6 Å². The summed E-state index contributed by atoms with van der Waals surface area (Å²) >= 11 is 0. The van der Waals surface area contributed by atoms with E-state index in [9.17, 15) is 9.90 Å². The molecule has 2 aliphatic rings. The molecule has 0 bridgehead atoms. The van der Waals surface area contributed by atoms with Crippen molar-refractivity contribution in [2.24, 2.45) is 5.92 Å². The van der Waals surface area contributed by atoms with Crippen LogP contribution in [0, 0.1) is 5.92 Å². The Morgan fingerprint density at radius 1 is 1.13 bits per heavy atom. The molecule has 2 unspecified atom stereocenters. The number of aliphatic hydroxyl groups is 1. The van der Waals surface area contributed by atoms with E-state index in [1.165, 1.54) is 0 Å². The molecule has 6 nitrogen and oxygen atoms in total. The number of benzene rings is 1. The van der Waals surface area contributed by atoms with Gasteiger partial charge in [0.05, 0.1) is 20.1 Å². The zero-order chi connectivity index (χ0) is 21.7. The van der Waals surface area contributed by atoms with Crippen LogP contribution in [0.1, 0.15) is 49.7 Å². The molecule has 1 aromatic carbocycles. The molecule has 1 saturated carbocycles. The third kappa shape index (κ3) is 4.96. The quantitative estimate of drug-likeness (QED) is 0.546. The van der Waals surface area contributed by atoms with E-state index in [4.69, 9.17) is 4.74 Å². The minimum Gasteiger partial charge on any atom is -0.454 e. The van der Waals surface area contributed by atoms with E-state index in [-0.39, 0.29) is 12.0 Å². The van der Waals surface area contributed by atoms with Gasteiger partial charge < -0.3 is 14.3 Å². The predicted octanol–water partition coefficient (Wildman–Crippen LogP) is 3.25. The highest BCUT2D eigenvalue weighted by atomic mass is 16.6. The van der Waals surface area contributed by atoms with Crippen LogP contribution in [-0.4, -0.2) is 58.3 Å². The van der Waals surface area contributed by atoms with Gasteiger partial charge in [-0.3, -0.25) is 0 Å². The van der Waals surface area contributed by atoms with Gasteiger partial charge in [-0.1, -0.05) is 43.2 Å². The number of rotatable bonds is 7. The van der Waals surface area contributed by atoms with E-state index >= 15 is 0 Å². The van der Waals surface area contributed by atoms with Crippen molar-refractivity contribution in [1.29, 1.82) is 0 Å². The zero-order valence-electron chi connectivity index (χ0n) is 18.4. The molecule has 3 atom stereocenters. The average Bonchev–Trinajstić information content (AvgIpc) is 3.34. The second-order valence-corrected chi connectivity index (χ2v) is 9.53. The molecule has 31 heavy (non-hydrogen) atoms. The Balaban J connectivity index is 1.44. The topological polar surface area (TPSA) is 72.3 Å². The normalized spacial score (nSPS) is 26.3. The summed E-state index contributed by atoms with van der Waals surface area (Å²) in [5.74, 6) is -0.551. The predicted molar refractivity (Wildman–Crippen MR) is 118 cm³/mol. The smallest absolute Gasteiger partial charge is 0.343 e. The first-order valence-corrected chi connectivity index (χ1v) is 11.6. The summed E-state index contributed by atoms with van der Waals surface area (Å²) in [5.41, 5.74) is 0.227. The van der Waals surface area contributed by atoms with Crippen LogP contribution in [0.3, 0.4) is 0 Å². The Morgan fingerprint density at radius 2 is 1.84 bits per heavy atom. The standard InChI is InChI=1S/C25H34N3O3/c1-28(15-13-20-16-26-19-27-17-20)14-7-12-23(18-28)31-24(29)25(30,22-10-5-6-11-22)21-8-3-2-4-9-21/h2-4,8-9,16-17,19,22-23,30H,5-7,10-15,18H2,1H3/q+1/t23?,25?,28-/m1/s1. The molecule has 1 aliphatic carbocycles. The minimum atomic E-state index is -1.56. The molecule has 166 valence electrons. The number of hydrogen-bond acceptors (Lipinski definition) is 5. The first-order valence-electron chi connectivity index (χ1n) is 11.6. The molecule has 0 radical (unpaired) electrons. The first-order chi connectivity index (χ1) is 15.0. The highest BCUT2D eigenvalue weighted by Crippen LogP contribution is 2.42. The summed E-state index contributed by atoms with van der Waals surface area (Å²) in [6, 6.07) is 9.37. The number of hydrogen-bond donors (Lipinski definition) is 1. The third-order valence-electron chi connectivity index (χ3n) is 7.17. The number of likely N-dealkylation sites (N-methyl/N-ethyl adjacent to an activating group) is 1. The number of esters is 1. The lowest BCUT2D eigenvalue weighted by Crippen LogP contribution is -2.56. The van der Waals surface area contributed by atoms with Gasteiger partial charge in [0.2, 0.25) is 0 Å². The van der Waals surface area contributed by atoms with E-state index in [2.05, 4.69) is 17.0 Å². The molecule has 0 spiro atoms. The van der Waals surface area contributed by atoms with Gasteiger partial charge in [0.1, 0.15) is 12.9 Å². The second-order valence-electron chi connectivity index (χ2n) is 9.53. The molecule has 1 saturated heterocycles. The highest BCUT2D eigenvalue weighted by molar-refractivity contribution is 5.81. The Labute approximate surface area is 184 Å². The van der Waals surface area contributed by atoms with Gasteiger partial charge in [0.25, 0.3) is 0 Å². The maximum absolute atomic E-state index is 13.4. The lowest BCUT2D eigenvalue weighted by Gasteiger charge is -2.42. The van der Waals surface area contributed by atoms with Crippen molar-refractivity contribution >= 4 is 5.97 Å². The van der Waals surface area contributed by atoms with Crippen LogP contribution >= 0.6 is 0 Å². The summed E-state index contributed by atoms with van der Waals surface area (Å²) in [4.78, 5) is 21.6. The van der Waals surface area contributed by atoms with Crippen molar-refractivity contribution in [3.8, 4) is 0 Å². The van der Waals surface area contributed by atoms with Crippen LogP contribution in [0.5, 0.6) is 0 Å². The Kier molecular flexibility index (Phi) is 6.68. The van der Waals surface area contributed by atoms with E-state index < -0.39 is 11.6 Å². The summed E-state index contributed by atoms with van der Waals surface area (Å²) < 4.78 is 6.89. The summed E-state index contributed by atoms with van der Waals surface area (Å²) in [7, 11) is 2.23. The number of carbonyl (C=O) groups excluding carboxylic acids is 1. The fourth-order valence-electron chi connectivity index (χ4n) is 5.33. The van der Waals surface area contributed by atoms with Gasteiger partial charge >= 0.3 is 5.97 Å². The number of quaternary nitrogens is 1. The molecule has 2 heterocycles. The molecule has 0 amide bonds. The van der Waals surface area contributed by atoms with Crippen molar-refractivity contribution in [1.82, 2.24) is 9.97 Å². The molecule has 6 heteroatoms. The van der Waals surface area contributed by atoms with Gasteiger partial charge in [-0.2, -0.15) is 0 Å². The first kappa shape index (κ1) is 21.9. The molecule has 1 N–H and O–H groups in total. The van der Waals surface area contributed by atoms with E-state index in [1.807, 2.05) is 42.7 Å². The number of nitrogens with zero attached hydrogens (tertiary/aromatic N) is 3. The number of piperidine rings is 1. The monoisotopic (exact) mass is 424 g/mol. The van der Waals surface area contributed by atoms with Crippen molar-refractivity contribution in [2.75, 3.05) is 26.7 Å². The molecular weight excluding hydrogens is 390 g/mol. The third-order valence-corrected chi connectivity index (χ3v) is 7.17. The van der Waals surface area contributed by atoms with Crippen molar-refractivity contribution < 1.29 is 19.1 Å². The van der Waals surface area contributed by atoms with E-state index in [0.717, 1.165) is 74.6 Å². The van der Waals surface area contributed by atoms with Gasteiger partial charge in [0, 0.05) is 31.2 Å². The molecular formula is C25H34N3O3+. The summed E-state index contributed by atoms with van der Waals surface area (Å²) in [5, 5.41) is 11.7. The number of likely N-dealkylation sites (tertiary alicyclic amines) is 1. The largest absolute Gasteiger partial charge is 0.454 e.